The third-order valence-corrected chi connectivity index (χ3v) is 8.25. The summed E-state index contributed by atoms with van der Waals surface area (Å²) in [6, 6.07) is 21.3. The summed E-state index contributed by atoms with van der Waals surface area (Å²) < 4.78 is 19.6. The van der Waals surface area contributed by atoms with Gasteiger partial charge in [0.1, 0.15) is 11.6 Å². The minimum Gasteiger partial charge on any atom is -0.373 e. The lowest BCUT2D eigenvalue weighted by atomic mass is 10.1. The highest BCUT2D eigenvalue weighted by Crippen LogP contribution is 2.24. The molecule has 7 heteroatoms. The molecule has 5 heterocycles. The molecule has 0 aliphatic carbocycles. The molecule has 0 bridgehead atoms. The second-order valence-corrected chi connectivity index (χ2v) is 12.0. The van der Waals surface area contributed by atoms with E-state index in [1.54, 1.807) is 0 Å². The number of aryl methyl sites for hydroxylation is 8. The Balaban J connectivity index is 1.32. The Hall–Kier alpha value is -3.94. The molecular weight excluding hydrogens is 534 g/mol. The van der Waals surface area contributed by atoms with E-state index in [0.717, 1.165) is 34.2 Å². The quantitative estimate of drug-likeness (QED) is 0.161. The molecule has 0 unspecified atom stereocenters. The Morgan fingerprint density at radius 1 is 0.581 bits per heavy atom. The van der Waals surface area contributed by atoms with E-state index in [9.17, 15) is 0 Å². The molecule has 0 saturated heterocycles. The first-order valence-electron chi connectivity index (χ1n) is 15.1. The van der Waals surface area contributed by atoms with Crippen molar-refractivity contribution in [1.29, 1.82) is 0 Å². The van der Waals surface area contributed by atoms with Crippen LogP contribution in [0.4, 0.5) is 0 Å². The number of hydrogen-bond acceptors (Lipinski definition) is 4. The normalized spacial score (nSPS) is 13.0. The summed E-state index contributed by atoms with van der Waals surface area (Å²) in [7, 11) is 0. The predicted octanol–water partition coefficient (Wildman–Crippen LogP) is 7.69. The number of hydrogen-bond donors (Lipinski definition) is 0. The number of pyridine rings is 2. The maximum absolute atomic E-state index is 6.54. The predicted molar refractivity (Wildman–Crippen MR) is 172 cm³/mol. The molecule has 0 aliphatic heterocycles. The number of aromatic nitrogens is 5. The van der Waals surface area contributed by atoms with E-state index in [4.69, 9.17) is 19.4 Å². The van der Waals surface area contributed by atoms with Crippen LogP contribution in [0.25, 0.3) is 11.6 Å². The molecule has 226 valence electrons. The third-order valence-electron chi connectivity index (χ3n) is 8.25. The van der Waals surface area contributed by atoms with Crippen LogP contribution in [0.15, 0.2) is 60.7 Å². The first-order valence-corrected chi connectivity index (χ1v) is 15.1. The Labute approximate surface area is 256 Å². The van der Waals surface area contributed by atoms with Gasteiger partial charge in [-0.2, -0.15) is 0 Å². The average molecular weight is 580 g/mol. The van der Waals surface area contributed by atoms with Crippen molar-refractivity contribution < 1.29 is 9.47 Å². The van der Waals surface area contributed by atoms with Gasteiger partial charge in [0.05, 0.1) is 43.4 Å². The first kappa shape index (κ1) is 30.5. The zero-order chi connectivity index (χ0) is 30.8. The van der Waals surface area contributed by atoms with Crippen LogP contribution in [0, 0.1) is 55.4 Å². The lowest BCUT2D eigenvalue weighted by molar-refractivity contribution is -0.0214. The zero-order valence-electron chi connectivity index (χ0n) is 27.1. The van der Waals surface area contributed by atoms with Crippen LogP contribution in [-0.2, 0) is 22.7 Å². The SMILES string of the molecule is Cc1cc(COC[C@@H]([C@H](C)OCc2cc(C)cc(-n3c(C)ccc3C)n2)n2c(C)ccc2C)nc(-n2c(C)ccc2C)c1. The number of nitrogens with zero attached hydrogens (tertiary/aromatic N) is 5. The second kappa shape index (κ2) is 12.7. The molecule has 5 aromatic rings. The largest absolute Gasteiger partial charge is 0.373 e. The highest BCUT2D eigenvalue weighted by atomic mass is 16.5. The smallest absolute Gasteiger partial charge is 0.137 e. The third kappa shape index (κ3) is 6.68. The molecule has 0 radical (unpaired) electrons. The van der Waals surface area contributed by atoms with Gasteiger partial charge in [-0.25, -0.2) is 9.97 Å². The Morgan fingerprint density at radius 2 is 1.00 bits per heavy atom. The fourth-order valence-electron chi connectivity index (χ4n) is 6.11. The molecule has 7 nitrogen and oxygen atoms in total. The summed E-state index contributed by atoms with van der Waals surface area (Å²) in [5.74, 6) is 1.86. The zero-order valence-corrected chi connectivity index (χ0v) is 27.1. The van der Waals surface area contributed by atoms with E-state index < -0.39 is 0 Å². The van der Waals surface area contributed by atoms with Gasteiger partial charge in [-0.1, -0.05) is 0 Å². The highest BCUT2D eigenvalue weighted by Gasteiger charge is 2.23. The first-order chi connectivity index (χ1) is 20.5. The fourth-order valence-corrected chi connectivity index (χ4v) is 6.11. The van der Waals surface area contributed by atoms with Crippen LogP contribution >= 0.6 is 0 Å². The summed E-state index contributed by atoms with van der Waals surface area (Å²) in [5.41, 5.74) is 11.2. The molecule has 5 rings (SSSR count). The Kier molecular flexibility index (Phi) is 9.04. The Morgan fingerprint density at radius 3 is 1.47 bits per heavy atom. The molecule has 0 N–H and O–H groups in total. The van der Waals surface area contributed by atoms with E-state index in [1.807, 2.05) is 0 Å². The lowest BCUT2D eigenvalue weighted by Gasteiger charge is -2.28. The van der Waals surface area contributed by atoms with Crippen LogP contribution in [0.3, 0.4) is 0 Å². The molecule has 0 aliphatic rings. The van der Waals surface area contributed by atoms with Gasteiger partial charge in [0, 0.05) is 34.2 Å². The number of ether oxygens (including phenoxy) is 2. The van der Waals surface area contributed by atoms with E-state index in [2.05, 4.69) is 137 Å². The maximum atomic E-state index is 6.54. The van der Waals surface area contributed by atoms with E-state index in [0.29, 0.717) is 19.8 Å². The monoisotopic (exact) mass is 579 g/mol. The van der Waals surface area contributed by atoms with Gasteiger partial charge in [0.15, 0.2) is 0 Å². The van der Waals surface area contributed by atoms with Crippen LogP contribution in [0.2, 0.25) is 0 Å². The summed E-state index contributed by atoms with van der Waals surface area (Å²) in [6.45, 7) is 20.4. The number of rotatable bonds is 11. The second-order valence-electron chi connectivity index (χ2n) is 12.0. The summed E-state index contributed by atoms with van der Waals surface area (Å²) >= 11 is 0. The van der Waals surface area contributed by atoms with Crippen LogP contribution in [0.5, 0.6) is 0 Å². The topological polar surface area (TPSA) is 59.0 Å². The summed E-state index contributed by atoms with van der Waals surface area (Å²) in [5, 5.41) is 0. The van der Waals surface area contributed by atoms with Crippen molar-refractivity contribution >= 4 is 0 Å². The highest BCUT2D eigenvalue weighted by molar-refractivity contribution is 5.37. The molecule has 0 fully saturated rings. The van der Waals surface area contributed by atoms with Crippen LogP contribution in [-0.4, -0.2) is 36.4 Å². The fraction of sp³-hybridized carbons (Fsp3) is 0.389. The molecule has 43 heavy (non-hydrogen) atoms. The van der Waals surface area contributed by atoms with Crippen molar-refractivity contribution in [3.05, 3.63) is 117 Å². The van der Waals surface area contributed by atoms with Crippen molar-refractivity contribution in [2.75, 3.05) is 6.61 Å². The van der Waals surface area contributed by atoms with Crippen LogP contribution in [0.1, 0.15) is 69.6 Å². The lowest BCUT2D eigenvalue weighted by Crippen LogP contribution is -2.30. The van der Waals surface area contributed by atoms with Gasteiger partial charge in [0.2, 0.25) is 0 Å². The summed E-state index contributed by atoms with van der Waals surface area (Å²) in [6.07, 6.45) is -0.114. The van der Waals surface area contributed by atoms with E-state index in [-0.39, 0.29) is 12.1 Å². The molecule has 0 saturated carbocycles. The van der Waals surface area contributed by atoms with Gasteiger partial charge in [-0.05, 0) is 134 Å². The van der Waals surface area contributed by atoms with Gasteiger partial charge in [-0.15, -0.1) is 0 Å². The van der Waals surface area contributed by atoms with Crippen LogP contribution < -0.4 is 0 Å². The molecule has 0 spiro atoms. The van der Waals surface area contributed by atoms with Crippen molar-refractivity contribution in [3.8, 4) is 11.6 Å². The van der Waals surface area contributed by atoms with Crippen molar-refractivity contribution in [2.24, 2.45) is 0 Å². The van der Waals surface area contributed by atoms with Gasteiger partial charge in [-0.3, -0.25) is 0 Å². The minimum atomic E-state index is -0.114. The van der Waals surface area contributed by atoms with E-state index in [1.165, 1.54) is 34.2 Å². The maximum Gasteiger partial charge on any atom is 0.137 e. The molecule has 0 aromatic carbocycles. The van der Waals surface area contributed by atoms with E-state index >= 15 is 0 Å². The Bertz CT molecular complexity index is 1670. The standard InChI is InChI=1S/C36H45N5O2/c1-23-16-32(37-35(18-23)40-27(5)12-13-28(40)6)20-42-22-34(39-25(3)10-11-26(39)4)31(9)43-21-33-17-24(2)19-36(38-33)41-29(7)14-15-30(41)8/h10-19,31,34H,20-22H2,1-9H3/t31-,34-/m0/s1. The van der Waals surface area contributed by atoms with Gasteiger partial charge < -0.3 is 23.2 Å². The average Bonchev–Trinajstić information content (AvgIpc) is 3.59. The van der Waals surface area contributed by atoms with Crippen molar-refractivity contribution in [1.82, 2.24) is 23.7 Å². The summed E-state index contributed by atoms with van der Waals surface area (Å²) in [4.78, 5) is 9.92. The minimum absolute atomic E-state index is 0.00793. The molecule has 0 amide bonds. The van der Waals surface area contributed by atoms with Gasteiger partial charge >= 0.3 is 0 Å². The molecule has 2 atom stereocenters. The van der Waals surface area contributed by atoms with Gasteiger partial charge in [0.25, 0.3) is 0 Å². The molecule has 5 aromatic heterocycles. The van der Waals surface area contributed by atoms with Crippen molar-refractivity contribution in [3.63, 3.8) is 0 Å². The van der Waals surface area contributed by atoms with Crippen molar-refractivity contribution in [2.45, 2.75) is 87.7 Å². The molecular formula is C36H45N5O2.